The molecule has 0 bridgehead atoms. The molecular formula is C15H16N2O2S. The summed E-state index contributed by atoms with van der Waals surface area (Å²) >= 11 is 1.38. The van der Waals surface area contributed by atoms with Gasteiger partial charge in [0.25, 0.3) is 0 Å². The molecule has 0 radical (unpaired) electrons. The van der Waals surface area contributed by atoms with Crippen molar-refractivity contribution in [3.8, 4) is 17.6 Å². The average Bonchev–Trinajstić information content (AvgIpc) is 2.89. The van der Waals surface area contributed by atoms with Crippen LogP contribution in [0.1, 0.15) is 35.3 Å². The molecule has 104 valence electrons. The molecule has 0 aliphatic rings. The summed E-state index contributed by atoms with van der Waals surface area (Å²) in [5.74, 6) is 1.60. The molecule has 0 unspecified atom stereocenters. The van der Waals surface area contributed by atoms with Crippen molar-refractivity contribution in [2.75, 3.05) is 7.11 Å². The first-order valence-corrected chi connectivity index (χ1v) is 7.13. The van der Waals surface area contributed by atoms with E-state index in [4.69, 9.17) is 14.7 Å². The van der Waals surface area contributed by atoms with E-state index in [1.54, 1.807) is 7.11 Å². The van der Waals surface area contributed by atoms with E-state index in [-0.39, 0.29) is 5.92 Å². The van der Waals surface area contributed by atoms with Crippen LogP contribution in [0.15, 0.2) is 24.3 Å². The van der Waals surface area contributed by atoms with E-state index in [0.29, 0.717) is 23.0 Å². The fraction of sp³-hybridized carbons (Fsp3) is 0.333. The normalized spacial score (nSPS) is 10.3. The molecule has 0 atom stereocenters. The Labute approximate surface area is 122 Å². The van der Waals surface area contributed by atoms with Gasteiger partial charge >= 0.3 is 0 Å². The first-order valence-electron chi connectivity index (χ1n) is 6.31. The van der Waals surface area contributed by atoms with E-state index in [2.05, 4.69) is 11.1 Å². The molecule has 0 aliphatic heterocycles. The smallest absolute Gasteiger partial charge is 0.161 e. The molecule has 4 nitrogen and oxygen atoms in total. The number of aromatic nitrogens is 1. The summed E-state index contributed by atoms with van der Waals surface area (Å²) < 4.78 is 10.9. The van der Waals surface area contributed by atoms with Gasteiger partial charge in [0.1, 0.15) is 22.6 Å². The second-order valence-electron chi connectivity index (χ2n) is 4.53. The molecular weight excluding hydrogens is 272 g/mol. The first-order chi connectivity index (χ1) is 9.65. The maximum Gasteiger partial charge on any atom is 0.161 e. The van der Waals surface area contributed by atoms with Gasteiger partial charge in [0.15, 0.2) is 11.5 Å². The number of hydrogen-bond acceptors (Lipinski definition) is 5. The molecule has 5 heteroatoms. The molecule has 0 spiro atoms. The van der Waals surface area contributed by atoms with Crippen LogP contribution >= 0.6 is 11.3 Å². The van der Waals surface area contributed by atoms with Gasteiger partial charge in [-0.05, 0) is 18.1 Å². The largest absolute Gasteiger partial charge is 0.493 e. The molecule has 1 aromatic carbocycles. The van der Waals surface area contributed by atoms with Crippen LogP contribution in [-0.4, -0.2) is 12.1 Å². The molecule has 0 fully saturated rings. The highest BCUT2D eigenvalue weighted by molar-refractivity contribution is 7.12. The molecule has 20 heavy (non-hydrogen) atoms. The lowest BCUT2D eigenvalue weighted by molar-refractivity contribution is 0.284. The van der Waals surface area contributed by atoms with Crippen molar-refractivity contribution in [3.05, 3.63) is 39.8 Å². The number of nitriles is 1. The number of nitrogens with zero attached hydrogens (tertiary/aromatic N) is 2. The molecule has 1 aromatic heterocycles. The zero-order valence-electron chi connectivity index (χ0n) is 11.7. The minimum atomic E-state index is 0.237. The van der Waals surface area contributed by atoms with E-state index in [1.807, 2.05) is 38.1 Å². The summed E-state index contributed by atoms with van der Waals surface area (Å²) in [5.41, 5.74) is 0.844. The van der Waals surface area contributed by atoms with Crippen molar-refractivity contribution >= 4 is 11.3 Å². The van der Waals surface area contributed by atoms with Crippen LogP contribution in [0, 0.1) is 11.3 Å². The molecule has 2 aromatic rings. The second kappa shape index (κ2) is 6.40. The zero-order chi connectivity index (χ0) is 14.5. The van der Waals surface area contributed by atoms with Gasteiger partial charge < -0.3 is 9.47 Å². The summed E-state index contributed by atoms with van der Waals surface area (Å²) in [5, 5.41) is 9.91. The van der Waals surface area contributed by atoms with E-state index in [1.165, 1.54) is 11.3 Å². The lowest BCUT2D eigenvalue weighted by Crippen LogP contribution is -1.98. The third-order valence-electron chi connectivity index (χ3n) is 2.77. The first kappa shape index (κ1) is 14.4. The quantitative estimate of drug-likeness (QED) is 0.841. The van der Waals surface area contributed by atoms with Gasteiger partial charge in [0, 0.05) is 0 Å². The Morgan fingerprint density at radius 3 is 2.55 bits per heavy atom. The highest BCUT2D eigenvalue weighted by Crippen LogP contribution is 2.29. The van der Waals surface area contributed by atoms with Crippen LogP contribution in [0.2, 0.25) is 0 Å². The van der Waals surface area contributed by atoms with Crippen LogP contribution in [0.25, 0.3) is 0 Å². The summed E-state index contributed by atoms with van der Waals surface area (Å²) in [6.07, 6.45) is 0. The maximum atomic E-state index is 9.11. The SMILES string of the molecule is COc1ccccc1OCc1nc(C(C)C)c(C#N)s1. The minimum Gasteiger partial charge on any atom is -0.493 e. The Balaban J connectivity index is 2.13. The number of methoxy groups -OCH3 is 1. The van der Waals surface area contributed by atoms with Gasteiger partial charge in [-0.1, -0.05) is 26.0 Å². The van der Waals surface area contributed by atoms with E-state index < -0.39 is 0 Å². The topological polar surface area (TPSA) is 55.1 Å². The van der Waals surface area contributed by atoms with E-state index in [9.17, 15) is 0 Å². The number of ether oxygens (including phenoxy) is 2. The fourth-order valence-corrected chi connectivity index (χ4v) is 2.72. The van der Waals surface area contributed by atoms with Gasteiger partial charge in [-0.2, -0.15) is 5.26 Å². The Morgan fingerprint density at radius 1 is 1.30 bits per heavy atom. The average molecular weight is 288 g/mol. The summed E-state index contributed by atoms with van der Waals surface area (Å²) in [7, 11) is 1.61. The summed E-state index contributed by atoms with van der Waals surface area (Å²) in [6, 6.07) is 9.66. The monoisotopic (exact) mass is 288 g/mol. The van der Waals surface area contributed by atoms with Gasteiger partial charge in [-0.15, -0.1) is 11.3 Å². The minimum absolute atomic E-state index is 0.237. The van der Waals surface area contributed by atoms with Gasteiger partial charge in [-0.25, -0.2) is 4.98 Å². The lowest BCUT2D eigenvalue weighted by Gasteiger charge is -2.08. The Kier molecular flexibility index (Phi) is 4.59. The molecule has 0 saturated heterocycles. The second-order valence-corrected chi connectivity index (χ2v) is 5.61. The fourth-order valence-electron chi connectivity index (χ4n) is 1.79. The number of thiazole rings is 1. The standard InChI is InChI=1S/C15H16N2O2S/c1-10(2)15-13(8-16)20-14(17-15)9-19-12-7-5-4-6-11(12)18-3/h4-7,10H,9H2,1-3H3. The zero-order valence-corrected chi connectivity index (χ0v) is 12.5. The molecule has 0 saturated carbocycles. The Bertz CT molecular complexity index is 629. The predicted octanol–water partition coefficient (Wildman–Crippen LogP) is 3.73. The molecule has 0 amide bonds. The Hall–Kier alpha value is -2.06. The number of benzene rings is 1. The molecule has 0 N–H and O–H groups in total. The molecule has 0 aliphatic carbocycles. The number of rotatable bonds is 5. The molecule has 2 rings (SSSR count). The van der Waals surface area contributed by atoms with Gasteiger partial charge in [0.05, 0.1) is 12.8 Å². The lowest BCUT2D eigenvalue weighted by atomic mass is 10.1. The van der Waals surface area contributed by atoms with Crippen molar-refractivity contribution in [1.82, 2.24) is 4.98 Å². The Morgan fingerprint density at radius 2 is 2.00 bits per heavy atom. The maximum absolute atomic E-state index is 9.11. The third-order valence-corrected chi connectivity index (χ3v) is 3.72. The number of para-hydroxylation sites is 2. The van der Waals surface area contributed by atoms with Crippen LogP contribution in [-0.2, 0) is 6.61 Å². The van der Waals surface area contributed by atoms with Crippen molar-refractivity contribution in [3.63, 3.8) is 0 Å². The van der Waals surface area contributed by atoms with Crippen molar-refractivity contribution < 1.29 is 9.47 Å². The van der Waals surface area contributed by atoms with Crippen LogP contribution in [0.3, 0.4) is 0 Å². The summed E-state index contributed by atoms with van der Waals surface area (Å²) in [4.78, 5) is 5.15. The highest BCUT2D eigenvalue weighted by Gasteiger charge is 2.14. The van der Waals surface area contributed by atoms with Crippen molar-refractivity contribution in [1.29, 1.82) is 5.26 Å². The van der Waals surface area contributed by atoms with Gasteiger partial charge in [0.2, 0.25) is 0 Å². The van der Waals surface area contributed by atoms with Crippen LogP contribution in [0.4, 0.5) is 0 Å². The van der Waals surface area contributed by atoms with Crippen molar-refractivity contribution in [2.45, 2.75) is 26.4 Å². The number of hydrogen-bond donors (Lipinski definition) is 0. The van der Waals surface area contributed by atoms with Crippen LogP contribution in [0.5, 0.6) is 11.5 Å². The summed E-state index contributed by atoms with van der Waals surface area (Å²) in [6.45, 7) is 4.40. The van der Waals surface area contributed by atoms with Gasteiger partial charge in [-0.3, -0.25) is 0 Å². The third kappa shape index (κ3) is 3.09. The van der Waals surface area contributed by atoms with E-state index >= 15 is 0 Å². The highest BCUT2D eigenvalue weighted by atomic mass is 32.1. The van der Waals surface area contributed by atoms with Crippen LogP contribution < -0.4 is 9.47 Å². The van der Waals surface area contributed by atoms with Crippen molar-refractivity contribution in [2.24, 2.45) is 0 Å². The molecule has 1 heterocycles. The van der Waals surface area contributed by atoms with E-state index in [0.717, 1.165) is 10.7 Å². The predicted molar refractivity (Wildman–Crippen MR) is 78.2 cm³/mol.